The highest BCUT2D eigenvalue weighted by atomic mass is 16.5. The Bertz CT molecular complexity index is 559. The first-order valence-electron chi connectivity index (χ1n) is 8.72. The molecule has 1 heterocycles. The molecule has 0 aliphatic carbocycles. The number of hydrogen-bond donors (Lipinski definition) is 0. The predicted molar refractivity (Wildman–Crippen MR) is 99.9 cm³/mol. The lowest BCUT2D eigenvalue weighted by Gasteiger charge is -2.29. The Morgan fingerprint density at radius 1 is 1.08 bits per heavy atom. The van der Waals surface area contributed by atoms with Crippen LogP contribution in [0.3, 0.4) is 0 Å². The van der Waals surface area contributed by atoms with Crippen LogP contribution in [-0.4, -0.2) is 92.4 Å². The predicted octanol–water partition coefficient (Wildman–Crippen LogP) is 1.02. The minimum Gasteiger partial charge on any atom is -0.385 e. The van der Waals surface area contributed by atoms with Gasteiger partial charge in [-0.2, -0.15) is 0 Å². The van der Waals surface area contributed by atoms with Crippen molar-refractivity contribution < 1.29 is 19.1 Å². The summed E-state index contributed by atoms with van der Waals surface area (Å²) in [6.45, 7) is 2.45. The van der Waals surface area contributed by atoms with Gasteiger partial charge < -0.3 is 28.7 Å². The zero-order chi connectivity index (χ0) is 19.5. The Hall–Kier alpha value is -2.06. The Balaban J connectivity index is 2.81. The molecule has 0 aromatic carbocycles. The topological polar surface area (TPSA) is 67.2 Å². The van der Waals surface area contributed by atoms with E-state index >= 15 is 0 Å². The number of rotatable bonds is 11. The molecule has 0 saturated carbocycles. The van der Waals surface area contributed by atoms with Crippen LogP contribution >= 0.6 is 0 Å². The normalized spacial score (nSPS) is 10.7. The highest BCUT2D eigenvalue weighted by Crippen LogP contribution is 2.07. The molecular formula is C18H32N4O4. The Kier molecular flexibility index (Phi) is 9.75. The van der Waals surface area contributed by atoms with Gasteiger partial charge in [-0.15, -0.1) is 0 Å². The average molecular weight is 368 g/mol. The molecule has 0 N–H and O–H groups in total. The monoisotopic (exact) mass is 368 g/mol. The second-order valence-electron chi connectivity index (χ2n) is 6.36. The molecule has 148 valence electrons. The average Bonchev–Trinajstić information content (AvgIpc) is 3.01. The van der Waals surface area contributed by atoms with Crippen LogP contribution < -0.4 is 0 Å². The van der Waals surface area contributed by atoms with Crippen molar-refractivity contribution in [3.05, 3.63) is 24.0 Å². The van der Waals surface area contributed by atoms with Crippen LogP contribution in [0.4, 0.5) is 4.79 Å². The van der Waals surface area contributed by atoms with Crippen molar-refractivity contribution in [2.75, 3.05) is 61.2 Å². The van der Waals surface area contributed by atoms with Crippen LogP contribution in [-0.2, 0) is 27.9 Å². The molecule has 3 amide bonds. The number of methoxy groups -OCH3 is 2. The number of nitrogens with zero attached hydrogens (tertiary/aromatic N) is 4. The summed E-state index contributed by atoms with van der Waals surface area (Å²) in [5.74, 6) is -0.101. The summed E-state index contributed by atoms with van der Waals surface area (Å²) in [6.07, 6.45) is 2.63. The van der Waals surface area contributed by atoms with Gasteiger partial charge in [0.25, 0.3) is 0 Å². The van der Waals surface area contributed by atoms with Gasteiger partial charge in [0.05, 0.1) is 13.2 Å². The number of aromatic nitrogens is 1. The lowest BCUT2D eigenvalue weighted by atomic mass is 10.3. The molecule has 26 heavy (non-hydrogen) atoms. The first-order chi connectivity index (χ1) is 12.4. The molecular weight excluding hydrogens is 336 g/mol. The molecule has 0 unspecified atom stereocenters. The van der Waals surface area contributed by atoms with E-state index in [2.05, 4.69) is 0 Å². The van der Waals surface area contributed by atoms with Gasteiger partial charge in [-0.1, -0.05) is 0 Å². The number of urea groups is 1. The zero-order valence-electron chi connectivity index (χ0n) is 16.6. The Morgan fingerprint density at radius 2 is 1.77 bits per heavy atom. The quantitative estimate of drug-likeness (QED) is 0.547. The largest absolute Gasteiger partial charge is 0.385 e. The fraction of sp³-hybridized carbons (Fsp3) is 0.667. The van der Waals surface area contributed by atoms with Crippen molar-refractivity contribution in [1.82, 2.24) is 19.3 Å². The minimum atomic E-state index is -0.181. The van der Waals surface area contributed by atoms with Crippen molar-refractivity contribution in [1.29, 1.82) is 0 Å². The highest BCUT2D eigenvalue weighted by Gasteiger charge is 2.22. The maximum atomic E-state index is 12.9. The molecule has 1 aromatic rings. The number of carbonyl (C=O) groups excluding carboxylic acids is 2. The smallest absolute Gasteiger partial charge is 0.319 e. The fourth-order valence-corrected chi connectivity index (χ4v) is 2.54. The van der Waals surface area contributed by atoms with E-state index in [9.17, 15) is 9.59 Å². The lowest BCUT2D eigenvalue weighted by Crippen LogP contribution is -2.47. The first-order valence-corrected chi connectivity index (χ1v) is 8.72. The van der Waals surface area contributed by atoms with Crippen molar-refractivity contribution in [3.8, 4) is 0 Å². The van der Waals surface area contributed by atoms with Crippen molar-refractivity contribution in [2.45, 2.75) is 13.0 Å². The first kappa shape index (κ1) is 22.0. The van der Waals surface area contributed by atoms with E-state index < -0.39 is 0 Å². The van der Waals surface area contributed by atoms with Crippen molar-refractivity contribution >= 4 is 11.9 Å². The number of amides is 3. The van der Waals surface area contributed by atoms with E-state index in [1.165, 1.54) is 4.90 Å². The van der Waals surface area contributed by atoms with E-state index in [0.29, 0.717) is 39.3 Å². The molecule has 1 aromatic heterocycles. The molecule has 0 saturated heterocycles. The van der Waals surface area contributed by atoms with Gasteiger partial charge >= 0.3 is 6.03 Å². The standard InChI is InChI=1S/C18H32N4O4/c1-19(2)18(24)22(10-7-12-25-4)15-17(23)21(11-13-26-5)14-16-8-6-9-20(16)3/h6,8-9H,7,10-15H2,1-5H3. The molecule has 0 bridgehead atoms. The van der Waals surface area contributed by atoms with Gasteiger partial charge in [0.15, 0.2) is 0 Å². The third-order valence-corrected chi connectivity index (χ3v) is 4.08. The van der Waals surface area contributed by atoms with Crippen LogP contribution in [0.2, 0.25) is 0 Å². The van der Waals surface area contributed by atoms with Gasteiger partial charge in [0.2, 0.25) is 5.91 Å². The number of hydrogen-bond acceptors (Lipinski definition) is 4. The van der Waals surface area contributed by atoms with Crippen molar-refractivity contribution in [3.63, 3.8) is 0 Å². The second kappa shape index (κ2) is 11.5. The number of carbonyl (C=O) groups is 2. The zero-order valence-corrected chi connectivity index (χ0v) is 16.6. The number of aryl methyl sites for hydroxylation is 1. The molecule has 0 aliphatic heterocycles. The summed E-state index contributed by atoms with van der Waals surface area (Å²) >= 11 is 0. The summed E-state index contributed by atoms with van der Waals surface area (Å²) < 4.78 is 12.2. The molecule has 8 nitrogen and oxygen atoms in total. The Morgan fingerprint density at radius 3 is 2.31 bits per heavy atom. The van der Waals surface area contributed by atoms with Crippen molar-refractivity contribution in [2.24, 2.45) is 7.05 Å². The number of ether oxygens (including phenoxy) is 2. The van der Waals surface area contributed by atoms with Gasteiger partial charge in [0.1, 0.15) is 6.54 Å². The van der Waals surface area contributed by atoms with Crippen LogP contribution in [0.1, 0.15) is 12.1 Å². The van der Waals surface area contributed by atoms with Gasteiger partial charge in [-0.25, -0.2) is 4.79 Å². The summed E-state index contributed by atoms with van der Waals surface area (Å²) in [5.41, 5.74) is 1.03. The SMILES string of the molecule is COCCCN(CC(=O)N(CCOC)Cc1cccn1C)C(=O)N(C)C. The molecule has 1 rings (SSSR count). The van der Waals surface area contributed by atoms with Gasteiger partial charge in [-0.3, -0.25) is 4.79 Å². The van der Waals surface area contributed by atoms with Crippen LogP contribution in [0.15, 0.2) is 18.3 Å². The minimum absolute atomic E-state index is 0.0366. The van der Waals surface area contributed by atoms with E-state index in [-0.39, 0.29) is 18.5 Å². The third kappa shape index (κ3) is 7.05. The summed E-state index contributed by atoms with van der Waals surface area (Å²) in [4.78, 5) is 30.0. The highest BCUT2D eigenvalue weighted by molar-refractivity contribution is 5.84. The van der Waals surface area contributed by atoms with Gasteiger partial charge in [0, 0.05) is 66.9 Å². The third-order valence-electron chi connectivity index (χ3n) is 4.08. The molecule has 0 radical (unpaired) electrons. The maximum absolute atomic E-state index is 12.9. The van der Waals surface area contributed by atoms with Crippen LogP contribution in [0.5, 0.6) is 0 Å². The molecule has 0 aliphatic rings. The molecule has 0 fully saturated rings. The Labute approximate surface area is 156 Å². The van der Waals surface area contributed by atoms with E-state index in [0.717, 1.165) is 5.69 Å². The molecule has 0 atom stereocenters. The second-order valence-corrected chi connectivity index (χ2v) is 6.36. The summed E-state index contributed by atoms with van der Waals surface area (Å²) in [7, 11) is 8.54. The maximum Gasteiger partial charge on any atom is 0.319 e. The van der Waals surface area contributed by atoms with E-state index in [4.69, 9.17) is 9.47 Å². The van der Waals surface area contributed by atoms with Crippen LogP contribution in [0.25, 0.3) is 0 Å². The summed E-state index contributed by atoms with van der Waals surface area (Å²) in [6, 6.07) is 3.75. The van der Waals surface area contributed by atoms with Crippen LogP contribution in [0, 0.1) is 0 Å². The van der Waals surface area contributed by atoms with E-state index in [1.807, 2.05) is 29.9 Å². The fourth-order valence-electron chi connectivity index (χ4n) is 2.54. The molecule has 8 heteroatoms. The summed E-state index contributed by atoms with van der Waals surface area (Å²) in [5, 5.41) is 0. The van der Waals surface area contributed by atoms with E-state index in [1.54, 1.807) is 38.1 Å². The lowest BCUT2D eigenvalue weighted by molar-refractivity contribution is -0.133. The molecule has 0 spiro atoms. The van der Waals surface area contributed by atoms with Gasteiger partial charge in [-0.05, 0) is 18.6 Å².